The molecule has 1 fully saturated rings. The van der Waals surface area contributed by atoms with E-state index < -0.39 is 38.7 Å². The van der Waals surface area contributed by atoms with E-state index in [2.05, 4.69) is 49.2 Å². The summed E-state index contributed by atoms with van der Waals surface area (Å²) >= 11 is 0. The Morgan fingerprint density at radius 1 is 1.28 bits per heavy atom. The Bertz CT molecular complexity index is 878. The number of fused-ring (bicyclic) bond motifs is 1. The van der Waals surface area contributed by atoms with Gasteiger partial charge in [-0.2, -0.15) is 0 Å². The van der Waals surface area contributed by atoms with Crippen LogP contribution in [-0.4, -0.2) is 61.5 Å². The summed E-state index contributed by atoms with van der Waals surface area (Å²) in [5.74, 6) is -0.0991. The second-order valence-electron chi connectivity index (χ2n) is 9.71. The molecule has 0 aromatic carbocycles. The molecule has 0 bridgehead atoms. The number of imidazole rings is 1. The normalized spacial score (nSPS) is 25.6. The van der Waals surface area contributed by atoms with Crippen molar-refractivity contribution in [1.29, 1.82) is 0 Å². The average Bonchev–Trinajstić information content (AvgIpc) is 3.19. The maximum Gasteiger partial charge on any atom is 0.303 e. The first kappa shape index (κ1) is 24.4. The molecule has 0 amide bonds. The van der Waals surface area contributed by atoms with Crippen molar-refractivity contribution in [3.63, 3.8) is 0 Å². The van der Waals surface area contributed by atoms with Crippen molar-refractivity contribution in [2.24, 2.45) is 4.99 Å². The van der Waals surface area contributed by atoms with Crippen LogP contribution in [0, 0.1) is 0 Å². The third-order valence-corrected chi connectivity index (χ3v) is 10.7. The topological polar surface area (TPSA) is 113 Å². The van der Waals surface area contributed by atoms with Crippen LogP contribution in [0.3, 0.4) is 0 Å². The Morgan fingerprint density at radius 3 is 2.62 bits per heavy atom. The zero-order valence-corrected chi connectivity index (χ0v) is 20.9. The predicted octanol–water partition coefficient (Wildman–Crippen LogP) is 3.18. The lowest BCUT2D eigenvalue weighted by Crippen LogP contribution is -2.42. The summed E-state index contributed by atoms with van der Waals surface area (Å²) in [4.78, 5) is 31.9. The fourth-order valence-corrected chi connectivity index (χ4v) is 4.75. The minimum absolute atomic E-state index is 0.00661. The lowest BCUT2D eigenvalue weighted by Gasteiger charge is -2.38. The molecule has 3 rings (SSSR count). The quantitative estimate of drug-likeness (QED) is 0.502. The molecule has 2 aliphatic heterocycles. The summed E-state index contributed by atoms with van der Waals surface area (Å²) in [6.45, 7) is 14.2. The third kappa shape index (κ3) is 5.38. The van der Waals surface area contributed by atoms with Gasteiger partial charge in [0.1, 0.15) is 42.7 Å². The summed E-state index contributed by atoms with van der Waals surface area (Å²) in [6, 6.07) is 0. The van der Waals surface area contributed by atoms with Crippen LogP contribution in [-0.2, 0) is 28.2 Å². The number of hydrogen-bond donors (Lipinski definition) is 1. The number of anilines is 1. The number of aromatic nitrogens is 2. The lowest BCUT2D eigenvalue weighted by molar-refractivity contribution is -0.155. The van der Waals surface area contributed by atoms with Crippen LogP contribution in [0.5, 0.6) is 0 Å². The highest BCUT2D eigenvalue weighted by Gasteiger charge is 2.43. The molecule has 1 N–H and O–H groups in total. The van der Waals surface area contributed by atoms with Gasteiger partial charge >= 0.3 is 11.9 Å². The summed E-state index contributed by atoms with van der Waals surface area (Å²) < 4.78 is 25.1. The number of esters is 2. The third-order valence-electron chi connectivity index (χ3n) is 6.19. The largest absolute Gasteiger partial charge is 0.463 e. The van der Waals surface area contributed by atoms with Crippen LogP contribution in [0.25, 0.3) is 0 Å². The number of carbonyl (C=O) groups is 2. The lowest BCUT2D eigenvalue weighted by atomic mass is 10.2. The minimum Gasteiger partial charge on any atom is -0.463 e. The highest BCUT2D eigenvalue weighted by molar-refractivity contribution is 6.74. The molecule has 11 heteroatoms. The number of hydrogen-bond acceptors (Lipinski definition) is 9. The number of ether oxygens (including phenoxy) is 3. The molecule has 1 saturated heterocycles. The van der Waals surface area contributed by atoms with Crippen molar-refractivity contribution >= 4 is 32.4 Å². The van der Waals surface area contributed by atoms with E-state index in [1.807, 2.05) is 4.57 Å². The van der Waals surface area contributed by atoms with Gasteiger partial charge in [-0.3, -0.25) is 19.1 Å². The highest BCUT2D eigenvalue weighted by Crippen LogP contribution is 2.42. The molecule has 32 heavy (non-hydrogen) atoms. The van der Waals surface area contributed by atoms with E-state index in [9.17, 15) is 9.59 Å². The molecule has 2 unspecified atom stereocenters. The molecule has 10 nitrogen and oxygen atoms in total. The Kier molecular flexibility index (Phi) is 7.11. The molecule has 4 atom stereocenters. The fraction of sp³-hybridized carbons (Fsp3) is 0.714. The molecule has 0 saturated carbocycles. The number of nitrogens with zero attached hydrogens (tertiary/aromatic N) is 3. The Morgan fingerprint density at radius 2 is 2.00 bits per heavy atom. The van der Waals surface area contributed by atoms with Gasteiger partial charge in [-0.05, 0) is 18.1 Å². The number of rotatable bonds is 6. The molecule has 0 spiro atoms. The van der Waals surface area contributed by atoms with Gasteiger partial charge in [0.25, 0.3) is 0 Å². The van der Waals surface area contributed by atoms with Crippen LogP contribution in [0.15, 0.2) is 11.3 Å². The molecule has 1 aromatic rings. The van der Waals surface area contributed by atoms with E-state index in [1.54, 1.807) is 12.7 Å². The van der Waals surface area contributed by atoms with Crippen molar-refractivity contribution in [2.45, 2.75) is 83.7 Å². The summed E-state index contributed by atoms with van der Waals surface area (Å²) in [7, 11) is -2.06. The Labute approximate surface area is 189 Å². The van der Waals surface area contributed by atoms with E-state index in [0.29, 0.717) is 13.0 Å². The van der Waals surface area contributed by atoms with Gasteiger partial charge in [0.05, 0.1) is 19.2 Å². The van der Waals surface area contributed by atoms with E-state index in [0.717, 1.165) is 11.5 Å². The Balaban J connectivity index is 1.84. The zero-order chi connectivity index (χ0) is 23.7. The number of carbonyl (C=O) groups excluding carboxylic acids is 2. The van der Waals surface area contributed by atoms with E-state index in [1.165, 1.54) is 13.8 Å². The van der Waals surface area contributed by atoms with Crippen LogP contribution in [0.4, 0.5) is 5.82 Å². The predicted molar refractivity (Wildman–Crippen MR) is 121 cm³/mol. The molecule has 1 aromatic heterocycles. The fourth-order valence-electron chi connectivity index (χ4n) is 3.50. The van der Waals surface area contributed by atoms with Gasteiger partial charge in [0, 0.05) is 20.3 Å². The van der Waals surface area contributed by atoms with Crippen LogP contribution < -0.4 is 5.32 Å². The van der Waals surface area contributed by atoms with Gasteiger partial charge in [-0.1, -0.05) is 20.8 Å². The summed E-state index contributed by atoms with van der Waals surface area (Å²) in [5.41, 5.74) is 0.767. The molecule has 0 radical (unpaired) electrons. The van der Waals surface area contributed by atoms with Gasteiger partial charge in [-0.15, -0.1) is 0 Å². The smallest absolute Gasteiger partial charge is 0.303 e. The van der Waals surface area contributed by atoms with Gasteiger partial charge in [0.2, 0.25) is 0 Å². The molecular weight excluding hydrogens is 432 g/mol. The van der Waals surface area contributed by atoms with Gasteiger partial charge < -0.3 is 24.0 Å². The molecule has 178 valence electrons. The summed E-state index contributed by atoms with van der Waals surface area (Å²) in [5, 5.41) is 3.25. The maximum atomic E-state index is 11.6. The van der Waals surface area contributed by atoms with Crippen LogP contribution in [0.2, 0.25) is 18.1 Å². The monoisotopic (exact) mass is 466 g/mol. The first-order chi connectivity index (χ1) is 14.9. The summed E-state index contributed by atoms with van der Waals surface area (Å²) in [6.07, 6.45) is 1.91. The van der Waals surface area contributed by atoms with E-state index in [4.69, 9.17) is 18.6 Å². The van der Waals surface area contributed by atoms with Gasteiger partial charge in [-0.25, -0.2) is 4.98 Å². The second kappa shape index (κ2) is 9.32. The first-order valence-corrected chi connectivity index (χ1v) is 13.8. The minimum atomic E-state index is -2.06. The maximum absolute atomic E-state index is 11.6. The van der Waals surface area contributed by atoms with Crippen molar-refractivity contribution < 1.29 is 28.2 Å². The van der Waals surface area contributed by atoms with Crippen molar-refractivity contribution in [1.82, 2.24) is 9.55 Å². The SMILES string of the molecule is CC(=O)OC[C@H]1OC(n2cnc3c2NC=NC[C@@H]3O[Si](C)(C)C(C)(C)C)CC1OC(C)=O. The van der Waals surface area contributed by atoms with Crippen LogP contribution >= 0.6 is 0 Å². The second-order valence-corrected chi connectivity index (χ2v) is 14.5. The van der Waals surface area contributed by atoms with E-state index >= 15 is 0 Å². The van der Waals surface area contributed by atoms with Gasteiger partial charge in [0.15, 0.2) is 8.32 Å². The standard InChI is InChI=1S/C21H34N4O6Si/c1-13(26)28-10-17-15(29-14(2)27)8-18(30-17)25-12-24-19-16(9-22-11-23-20(19)25)31-32(6,7)21(3,4)5/h11-12,15-18H,8-10H2,1-7H3,(H,22,23)/t15?,16-,17+,18?/m0/s1. The number of nitrogens with one attached hydrogen (secondary N) is 1. The molecular formula is C21H34N4O6Si. The first-order valence-electron chi connectivity index (χ1n) is 10.8. The highest BCUT2D eigenvalue weighted by atomic mass is 28.4. The van der Waals surface area contributed by atoms with Crippen molar-refractivity contribution in [3.8, 4) is 0 Å². The Hall–Kier alpha value is -2.24. The zero-order valence-electron chi connectivity index (χ0n) is 19.9. The van der Waals surface area contributed by atoms with Crippen LogP contribution in [0.1, 0.15) is 59.1 Å². The van der Waals surface area contributed by atoms with E-state index in [-0.39, 0.29) is 17.7 Å². The van der Waals surface area contributed by atoms with Crippen molar-refractivity contribution in [2.75, 3.05) is 18.5 Å². The molecule has 3 heterocycles. The van der Waals surface area contributed by atoms with Crippen molar-refractivity contribution in [3.05, 3.63) is 12.0 Å². The molecule has 0 aliphatic carbocycles. The average molecular weight is 467 g/mol. The molecule has 2 aliphatic rings. The number of aliphatic imine (C=N–C) groups is 1.